The van der Waals surface area contributed by atoms with E-state index in [9.17, 15) is 34.5 Å². The highest BCUT2D eigenvalue weighted by Gasteiger charge is 2.50. The van der Waals surface area contributed by atoms with Crippen LogP contribution in [0.15, 0.2) is 194 Å². The van der Waals surface area contributed by atoms with Crippen molar-refractivity contribution in [3.63, 3.8) is 0 Å². The molecule has 1 aliphatic rings. The lowest BCUT2D eigenvalue weighted by molar-refractivity contribution is -0.301. The van der Waals surface area contributed by atoms with Crippen molar-refractivity contribution in [2.75, 3.05) is 13.2 Å². The Kier molecular flexibility index (Phi) is 48.5. The fourth-order valence-corrected chi connectivity index (χ4v) is 7.31. The third-order valence-electron chi connectivity index (χ3n) is 11.7. The van der Waals surface area contributed by atoms with Crippen molar-refractivity contribution in [1.82, 2.24) is 0 Å². The van der Waals surface area contributed by atoms with Gasteiger partial charge in [0.05, 0.1) is 6.61 Å². The first-order chi connectivity index (χ1) is 39.6. The molecule has 0 spiro atoms. The quantitative estimate of drug-likeness (QED) is 0.0299. The fourth-order valence-electron chi connectivity index (χ4n) is 7.31. The molecule has 1 fully saturated rings. The number of hydrogen-bond acceptors (Lipinski definition) is 11. The minimum atomic E-state index is -1.96. The van der Waals surface area contributed by atoms with Gasteiger partial charge in [-0.05, 0) is 122 Å². The van der Waals surface area contributed by atoms with Crippen molar-refractivity contribution in [3.8, 4) is 0 Å². The Labute approximate surface area is 486 Å². The second-order valence-corrected chi connectivity index (χ2v) is 18.8. The van der Waals surface area contributed by atoms with Gasteiger partial charge in [-0.25, -0.2) is 4.79 Å². The first kappa shape index (κ1) is 72.6. The van der Waals surface area contributed by atoms with Crippen LogP contribution in [0.1, 0.15) is 162 Å². The molecule has 1 heterocycles. The average molecular weight is 1120 g/mol. The molecule has 6 unspecified atom stereocenters. The van der Waals surface area contributed by atoms with Crippen LogP contribution in [0.2, 0.25) is 0 Å². The molecule has 81 heavy (non-hydrogen) atoms. The zero-order chi connectivity index (χ0) is 58.9. The Balaban J connectivity index is 2.82. The summed E-state index contributed by atoms with van der Waals surface area (Å²) in [6, 6.07) is 0. The van der Waals surface area contributed by atoms with Crippen LogP contribution in [-0.4, -0.2) is 89.2 Å². The minimum absolute atomic E-state index is 0.00425. The van der Waals surface area contributed by atoms with Crippen LogP contribution in [0.3, 0.4) is 0 Å². The van der Waals surface area contributed by atoms with Gasteiger partial charge in [-0.3, -0.25) is 14.4 Å². The van der Waals surface area contributed by atoms with E-state index >= 15 is 0 Å². The molecule has 0 bridgehead atoms. The normalized spacial score (nSPS) is 19.1. The smallest absolute Gasteiger partial charge is 0.335 e. The molecule has 1 saturated heterocycles. The molecule has 0 aromatic carbocycles. The van der Waals surface area contributed by atoms with E-state index in [-0.39, 0.29) is 19.3 Å². The van der Waals surface area contributed by atoms with E-state index in [0.717, 1.165) is 83.5 Å². The van der Waals surface area contributed by atoms with Crippen molar-refractivity contribution in [1.29, 1.82) is 0 Å². The van der Waals surface area contributed by atoms with Gasteiger partial charge in [0.2, 0.25) is 0 Å². The SMILES string of the molecule is CC/C=C\C/C=C\C/C=C\C/C=C\C/C=C\C/C=C\CCC(=O)OCC(COC1OC(C(=O)O)C(O)C(O)C1OC(=O)CC/C=C\C/C=C\C/C=C\C/C=C\C/C=C\C/C=C\CC)OC(=O)CC/C=C\C/C=C\C/C=C\C/C=C\CC. The molecule has 0 aliphatic carbocycles. The van der Waals surface area contributed by atoms with Crippen LogP contribution < -0.4 is 0 Å². The van der Waals surface area contributed by atoms with Gasteiger partial charge in [0, 0.05) is 19.3 Å². The molecule has 0 amide bonds. The van der Waals surface area contributed by atoms with Gasteiger partial charge in [-0.15, -0.1) is 0 Å². The minimum Gasteiger partial charge on any atom is -0.479 e. The maximum absolute atomic E-state index is 13.1. The summed E-state index contributed by atoms with van der Waals surface area (Å²) >= 11 is 0. The average Bonchev–Trinajstić information content (AvgIpc) is 3.45. The summed E-state index contributed by atoms with van der Waals surface area (Å²) in [6.45, 7) is 5.45. The van der Waals surface area contributed by atoms with Crippen molar-refractivity contribution >= 4 is 23.9 Å². The highest BCUT2D eigenvalue weighted by molar-refractivity contribution is 5.74. The lowest BCUT2D eigenvalue weighted by Gasteiger charge is -2.40. The summed E-state index contributed by atoms with van der Waals surface area (Å²) in [5, 5.41) is 31.5. The molecule has 1 rings (SSSR count). The van der Waals surface area contributed by atoms with Crippen molar-refractivity contribution in [3.05, 3.63) is 194 Å². The molecule has 6 atom stereocenters. The maximum atomic E-state index is 13.1. The number of allylic oxidation sites excluding steroid dienone is 32. The van der Waals surface area contributed by atoms with Gasteiger partial charge in [-0.2, -0.15) is 0 Å². The number of carbonyl (C=O) groups is 4. The third-order valence-corrected chi connectivity index (χ3v) is 11.7. The van der Waals surface area contributed by atoms with Gasteiger partial charge in [0.25, 0.3) is 0 Å². The largest absolute Gasteiger partial charge is 0.479 e. The number of rotatable bonds is 46. The van der Waals surface area contributed by atoms with E-state index in [1.165, 1.54) is 0 Å². The first-order valence-electron chi connectivity index (χ1n) is 29.4. The number of carboxylic acids is 1. The molecule has 1 aliphatic heterocycles. The zero-order valence-electron chi connectivity index (χ0n) is 48.9. The molecule has 3 N–H and O–H groups in total. The summed E-state index contributed by atoms with van der Waals surface area (Å²) in [5.74, 6) is -3.50. The fraction of sp³-hybridized carbons (Fsp3) is 0.478. The molecule has 0 radical (unpaired) electrons. The van der Waals surface area contributed by atoms with Crippen LogP contribution in [0, 0.1) is 0 Å². The highest BCUT2D eigenvalue weighted by Crippen LogP contribution is 2.26. The number of aliphatic carboxylic acids is 1. The van der Waals surface area contributed by atoms with Crippen molar-refractivity contribution in [2.24, 2.45) is 0 Å². The predicted octanol–water partition coefficient (Wildman–Crippen LogP) is 15.4. The van der Waals surface area contributed by atoms with Crippen LogP contribution in [0.25, 0.3) is 0 Å². The Hall–Kier alpha value is -6.44. The topological polar surface area (TPSA) is 175 Å². The number of carbonyl (C=O) groups excluding carboxylic acids is 3. The van der Waals surface area contributed by atoms with E-state index < -0.39 is 73.9 Å². The van der Waals surface area contributed by atoms with Gasteiger partial charge in [-0.1, -0.05) is 215 Å². The van der Waals surface area contributed by atoms with E-state index in [4.69, 9.17) is 23.7 Å². The number of hydrogen-bond donors (Lipinski definition) is 3. The summed E-state index contributed by atoms with van der Waals surface area (Å²) in [6.07, 6.45) is 71.6. The highest BCUT2D eigenvalue weighted by atomic mass is 16.7. The molecule has 12 nitrogen and oxygen atoms in total. The van der Waals surface area contributed by atoms with E-state index in [1.807, 2.05) is 48.6 Å². The van der Waals surface area contributed by atoms with E-state index in [1.54, 1.807) is 0 Å². The number of carboxylic acid groups (broad SMARTS) is 1. The van der Waals surface area contributed by atoms with Gasteiger partial charge in [0.15, 0.2) is 24.6 Å². The van der Waals surface area contributed by atoms with E-state index in [2.05, 4.69) is 167 Å². The standard InChI is InChI=1S/C69H98O12/c1-4-7-10-13-16-19-22-25-27-29-31-33-35-38-40-43-46-49-52-55-61(70)77-58-60(79-62(71)56-53-50-47-44-41-37-24-21-18-15-12-9-6-3)59-78-69-67(65(74)64(73)66(81-69)68(75)76)80-63(72)57-54-51-48-45-42-39-36-34-32-30-28-26-23-20-17-14-11-8-5-2/h7-12,16-21,25-28,31-34,37-42,46-51,60,64-67,69,73-74H,4-6,13-15,22-24,29-30,35-36,43-45,52-59H2,1-3H3,(H,75,76)/b10-7-,11-8-,12-9-,19-16-,20-17-,21-18-,27-25-,28-26-,33-31-,34-32-,40-38-,41-37-,42-39-,49-46-,50-47-,51-48-. The molecular formula is C69H98O12. The van der Waals surface area contributed by atoms with Crippen LogP contribution in [0.5, 0.6) is 0 Å². The molecule has 0 aromatic rings. The van der Waals surface area contributed by atoms with Gasteiger partial charge >= 0.3 is 23.9 Å². The predicted molar refractivity (Wildman–Crippen MR) is 330 cm³/mol. The summed E-state index contributed by atoms with van der Waals surface area (Å²) < 4.78 is 28.1. The molecular weight excluding hydrogens is 1020 g/mol. The Bertz CT molecular complexity index is 2160. The lowest BCUT2D eigenvalue weighted by Crippen LogP contribution is -2.61. The zero-order valence-corrected chi connectivity index (χ0v) is 48.9. The van der Waals surface area contributed by atoms with Crippen molar-refractivity contribution in [2.45, 2.75) is 199 Å². The van der Waals surface area contributed by atoms with Crippen LogP contribution in [-0.2, 0) is 42.9 Å². The number of aliphatic hydroxyl groups excluding tert-OH is 2. The number of aliphatic hydroxyl groups is 2. The molecule has 0 aromatic heterocycles. The second kappa shape index (κ2) is 54.2. The third kappa shape index (κ3) is 44.0. The lowest BCUT2D eigenvalue weighted by atomic mass is 9.98. The maximum Gasteiger partial charge on any atom is 0.335 e. The molecule has 12 heteroatoms. The van der Waals surface area contributed by atoms with E-state index in [0.29, 0.717) is 38.5 Å². The number of esters is 3. The summed E-state index contributed by atoms with van der Waals surface area (Å²) in [5.41, 5.74) is 0. The Morgan fingerprint density at radius 3 is 1.01 bits per heavy atom. The molecule has 0 saturated carbocycles. The second-order valence-electron chi connectivity index (χ2n) is 18.8. The van der Waals surface area contributed by atoms with Gasteiger partial charge in [0.1, 0.15) is 18.8 Å². The summed E-state index contributed by atoms with van der Waals surface area (Å²) in [7, 11) is 0. The van der Waals surface area contributed by atoms with Crippen molar-refractivity contribution < 1.29 is 58.2 Å². The Morgan fingerprint density at radius 1 is 0.395 bits per heavy atom. The molecule has 446 valence electrons. The monoisotopic (exact) mass is 1120 g/mol. The van der Waals surface area contributed by atoms with Crippen LogP contribution in [0.4, 0.5) is 0 Å². The Morgan fingerprint density at radius 2 is 0.691 bits per heavy atom. The van der Waals surface area contributed by atoms with Gasteiger partial charge < -0.3 is 39.0 Å². The first-order valence-corrected chi connectivity index (χ1v) is 29.4. The van der Waals surface area contributed by atoms with Crippen LogP contribution >= 0.6 is 0 Å². The summed E-state index contributed by atoms with van der Waals surface area (Å²) in [4.78, 5) is 51.0. The number of ether oxygens (including phenoxy) is 5.